The minimum Gasteiger partial charge on any atom is -0.439 e. The van der Waals surface area contributed by atoms with Crippen LogP contribution in [0.15, 0.2) is 55.3 Å². The van der Waals surface area contributed by atoms with E-state index in [1.54, 1.807) is 26.2 Å². The highest BCUT2D eigenvalue weighted by Crippen LogP contribution is 2.36. The van der Waals surface area contributed by atoms with Crippen LogP contribution in [-0.2, 0) is 5.41 Å². The van der Waals surface area contributed by atoms with Crippen LogP contribution in [0.25, 0.3) is 0 Å². The minimum atomic E-state index is -0.0777. The van der Waals surface area contributed by atoms with Gasteiger partial charge in [-0.3, -0.25) is 4.79 Å². The number of hydrogen-bond acceptors (Lipinski definition) is 3. The van der Waals surface area contributed by atoms with Gasteiger partial charge in [0.05, 0.1) is 5.56 Å². The lowest BCUT2D eigenvalue weighted by Crippen LogP contribution is -2.23. The summed E-state index contributed by atoms with van der Waals surface area (Å²) in [4.78, 5) is 17.6. The van der Waals surface area contributed by atoms with E-state index in [4.69, 9.17) is 4.74 Å². The zero-order valence-corrected chi connectivity index (χ0v) is 16.2. The fraction of sp³-hybridized carbons (Fsp3) is 0.364. The third-order valence-corrected chi connectivity index (χ3v) is 4.97. The van der Waals surface area contributed by atoms with Crippen molar-refractivity contribution in [2.24, 2.45) is 0 Å². The predicted molar refractivity (Wildman–Crippen MR) is 106 cm³/mol. The molecule has 1 heterocycles. The molecule has 0 atom stereocenters. The van der Waals surface area contributed by atoms with Crippen LogP contribution in [0.2, 0.25) is 0 Å². The fourth-order valence-electron chi connectivity index (χ4n) is 3.16. The molecule has 4 heteroatoms. The molecule has 0 N–H and O–H groups in total. The first-order chi connectivity index (χ1) is 12.5. The molecular formula is C22H28N2O2. The van der Waals surface area contributed by atoms with Crippen molar-refractivity contribution in [1.82, 2.24) is 9.88 Å². The summed E-state index contributed by atoms with van der Waals surface area (Å²) in [6, 6.07) is 11.6. The molecule has 0 aliphatic rings. The maximum atomic E-state index is 11.9. The molecule has 138 valence electrons. The molecule has 0 radical (unpaired) electrons. The highest BCUT2D eigenvalue weighted by Gasteiger charge is 2.26. The van der Waals surface area contributed by atoms with Gasteiger partial charge >= 0.3 is 0 Å². The standard InChI is InChI=1S/C22H28N2O2/c1-6-15-22(7-2,8-3)18-10-12-19(13-11-18)26-20-14-9-17(16-23-20)21(25)24(4)5/h6,9-14,16H,1,7-8,15H2,2-5H3. The Morgan fingerprint density at radius 3 is 2.27 bits per heavy atom. The summed E-state index contributed by atoms with van der Waals surface area (Å²) in [5, 5.41) is 0. The molecule has 0 unspecified atom stereocenters. The van der Waals surface area contributed by atoms with Crippen LogP contribution in [0.3, 0.4) is 0 Å². The van der Waals surface area contributed by atoms with Crippen molar-refractivity contribution < 1.29 is 9.53 Å². The van der Waals surface area contributed by atoms with Crippen molar-refractivity contribution in [2.75, 3.05) is 14.1 Å². The highest BCUT2D eigenvalue weighted by molar-refractivity contribution is 5.93. The average Bonchev–Trinajstić information content (AvgIpc) is 2.67. The van der Waals surface area contributed by atoms with Gasteiger partial charge in [-0.25, -0.2) is 4.98 Å². The third-order valence-electron chi connectivity index (χ3n) is 4.97. The molecule has 0 saturated carbocycles. The van der Waals surface area contributed by atoms with Gasteiger partial charge in [-0.2, -0.15) is 0 Å². The van der Waals surface area contributed by atoms with Crippen LogP contribution in [0, 0.1) is 0 Å². The molecule has 1 aromatic heterocycles. The van der Waals surface area contributed by atoms with Gasteiger partial charge in [0.25, 0.3) is 5.91 Å². The van der Waals surface area contributed by atoms with Crippen molar-refractivity contribution >= 4 is 5.91 Å². The van der Waals surface area contributed by atoms with Crippen molar-refractivity contribution in [3.63, 3.8) is 0 Å². The third kappa shape index (κ3) is 4.31. The molecule has 0 saturated heterocycles. The van der Waals surface area contributed by atoms with Gasteiger partial charge in [-0.05, 0) is 48.4 Å². The molecule has 2 aromatic rings. The number of rotatable bonds is 8. The average molecular weight is 352 g/mol. The molecular weight excluding hydrogens is 324 g/mol. The van der Waals surface area contributed by atoms with E-state index in [0.717, 1.165) is 25.0 Å². The van der Waals surface area contributed by atoms with Gasteiger partial charge in [0.2, 0.25) is 5.88 Å². The summed E-state index contributed by atoms with van der Waals surface area (Å²) in [5.41, 5.74) is 1.97. The van der Waals surface area contributed by atoms with E-state index in [-0.39, 0.29) is 11.3 Å². The second-order valence-corrected chi connectivity index (χ2v) is 6.69. The second-order valence-electron chi connectivity index (χ2n) is 6.69. The summed E-state index contributed by atoms with van der Waals surface area (Å²) in [6.45, 7) is 8.35. The van der Waals surface area contributed by atoms with E-state index in [1.807, 2.05) is 18.2 Å². The molecule has 0 aliphatic carbocycles. The maximum Gasteiger partial charge on any atom is 0.254 e. The zero-order valence-electron chi connectivity index (χ0n) is 16.2. The Morgan fingerprint density at radius 2 is 1.81 bits per heavy atom. The molecule has 0 aliphatic heterocycles. The molecule has 1 amide bonds. The Balaban J connectivity index is 2.14. The Kier molecular flexibility index (Phi) is 6.56. The summed E-state index contributed by atoms with van der Waals surface area (Å²) in [5.74, 6) is 1.12. The Hall–Kier alpha value is -2.62. The number of pyridine rings is 1. The van der Waals surface area contributed by atoms with E-state index in [9.17, 15) is 4.79 Å². The molecule has 0 spiro atoms. The van der Waals surface area contributed by atoms with Crippen LogP contribution >= 0.6 is 0 Å². The van der Waals surface area contributed by atoms with Crippen LogP contribution in [0.1, 0.15) is 49.0 Å². The number of allylic oxidation sites excluding steroid dienone is 1. The highest BCUT2D eigenvalue weighted by atomic mass is 16.5. The van der Waals surface area contributed by atoms with Crippen LogP contribution < -0.4 is 4.74 Å². The molecule has 26 heavy (non-hydrogen) atoms. The lowest BCUT2D eigenvalue weighted by Gasteiger charge is -2.31. The van der Waals surface area contributed by atoms with Gasteiger partial charge in [-0.1, -0.05) is 32.1 Å². The first-order valence-corrected chi connectivity index (χ1v) is 9.02. The lowest BCUT2D eigenvalue weighted by atomic mass is 9.73. The SMILES string of the molecule is C=CCC(CC)(CC)c1ccc(Oc2ccc(C(=O)N(C)C)cn2)cc1. The van der Waals surface area contributed by atoms with E-state index in [0.29, 0.717) is 11.4 Å². The number of carbonyl (C=O) groups is 1. The first-order valence-electron chi connectivity index (χ1n) is 9.02. The monoisotopic (exact) mass is 352 g/mol. The van der Waals surface area contributed by atoms with Crippen LogP contribution in [0.4, 0.5) is 0 Å². The normalized spacial score (nSPS) is 11.1. The number of aromatic nitrogens is 1. The molecule has 4 nitrogen and oxygen atoms in total. The fourth-order valence-corrected chi connectivity index (χ4v) is 3.16. The van der Waals surface area contributed by atoms with E-state index >= 15 is 0 Å². The molecule has 2 rings (SSSR count). The van der Waals surface area contributed by atoms with Crippen molar-refractivity contribution in [1.29, 1.82) is 0 Å². The number of carbonyl (C=O) groups excluding carboxylic acids is 1. The minimum absolute atomic E-state index is 0.0777. The summed E-state index contributed by atoms with van der Waals surface area (Å²) in [6.07, 6.45) is 6.63. The van der Waals surface area contributed by atoms with Crippen LogP contribution in [0.5, 0.6) is 11.6 Å². The smallest absolute Gasteiger partial charge is 0.254 e. The lowest BCUT2D eigenvalue weighted by molar-refractivity contribution is 0.0827. The maximum absolute atomic E-state index is 11.9. The molecule has 0 bridgehead atoms. The quantitative estimate of drug-likeness (QED) is 0.613. The summed E-state index contributed by atoms with van der Waals surface area (Å²) in [7, 11) is 3.43. The zero-order chi connectivity index (χ0) is 19.2. The summed E-state index contributed by atoms with van der Waals surface area (Å²) < 4.78 is 5.81. The van der Waals surface area contributed by atoms with E-state index in [1.165, 1.54) is 16.7 Å². The number of nitrogens with zero attached hydrogens (tertiary/aromatic N) is 2. The Morgan fingerprint density at radius 1 is 1.15 bits per heavy atom. The Bertz CT molecular complexity index is 730. The van der Waals surface area contributed by atoms with Crippen molar-refractivity contribution in [3.05, 3.63) is 66.4 Å². The first kappa shape index (κ1) is 19.7. The van der Waals surface area contributed by atoms with Gasteiger partial charge < -0.3 is 9.64 Å². The van der Waals surface area contributed by atoms with Gasteiger partial charge in [0.1, 0.15) is 5.75 Å². The van der Waals surface area contributed by atoms with Crippen LogP contribution in [-0.4, -0.2) is 29.9 Å². The number of amides is 1. The molecule has 0 fully saturated rings. The van der Waals surface area contributed by atoms with Gasteiger partial charge in [0.15, 0.2) is 0 Å². The topological polar surface area (TPSA) is 42.4 Å². The van der Waals surface area contributed by atoms with Gasteiger partial charge in [-0.15, -0.1) is 6.58 Å². The van der Waals surface area contributed by atoms with E-state index in [2.05, 4.69) is 37.5 Å². The number of ether oxygens (including phenoxy) is 1. The van der Waals surface area contributed by atoms with Crippen molar-refractivity contribution in [2.45, 2.75) is 38.5 Å². The Labute approximate surface area is 156 Å². The predicted octanol–water partition coefficient (Wildman–Crippen LogP) is 5.21. The van der Waals surface area contributed by atoms with Crippen molar-refractivity contribution in [3.8, 4) is 11.6 Å². The largest absolute Gasteiger partial charge is 0.439 e. The summed E-state index contributed by atoms with van der Waals surface area (Å²) >= 11 is 0. The molecule has 1 aromatic carbocycles. The number of benzene rings is 1. The second kappa shape index (κ2) is 8.65. The van der Waals surface area contributed by atoms with Gasteiger partial charge in [0, 0.05) is 26.4 Å². The van der Waals surface area contributed by atoms with E-state index < -0.39 is 0 Å². The number of hydrogen-bond donors (Lipinski definition) is 0.